The molecule has 3 rings (SSSR count). The second-order valence-electron chi connectivity index (χ2n) is 7.07. The Morgan fingerprint density at radius 2 is 2.08 bits per heavy atom. The van der Waals surface area contributed by atoms with Crippen molar-refractivity contribution in [1.82, 2.24) is 9.88 Å². The van der Waals surface area contributed by atoms with E-state index in [4.69, 9.17) is 9.15 Å². The first-order valence-corrected chi connectivity index (χ1v) is 9.45. The number of likely N-dealkylation sites (tertiary alicyclic amines) is 1. The van der Waals surface area contributed by atoms with Crippen molar-refractivity contribution in [3.05, 3.63) is 41.3 Å². The maximum atomic E-state index is 12.7. The van der Waals surface area contributed by atoms with E-state index in [9.17, 15) is 4.79 Å². The van der Waals surface area contributed by atoms with Gasteiger partial charge in [0, 0.05) is 25.3 Å². The molecule has 2 heterocycles. The van der Waals surface area contributed by atoms with Gasteiger partial charge < -0.3 is 14.1 Å². The van der Waals surface area contributed by atoms with Crippen LogP contribution in [0, 0.1) is 19.8 Å². The Bertz CT molecular complexity index is 736. The maximum Gasteiger partial charge on any atom is 0.228 e. The van der Waals surface area contributed by atoms with Crippen LogP contribution in [-0.2, 0) is 16.0 Å². The molecule has 5 heteroatoms. The summed E-state index contributed by atoms with van der Waals surface area (Å²) in [7, 11) is 0. The van der Waals surface area contributed by atoms with Gasteiger partial charge >= 0.3 is 0 Å². The number of hydrogen-bond donors (Lipinski definition) is 0. The monoisotopic (exact) mass is 356 g/mol. The Labute approximate surface area is 155 Å². The highest BCUT2D eigenvalue weighted by Gasteiger charge is 2.25. The third-order valence-corrected chi connectivity index (χ3v) is 4.94. The van der Waals surface area contributed by atoms with Crippen molar-refractivity contribution in [3.8, 4) is 11.5 Å². The minimum absolute atomic E-state index is 0.123. The summed E-state index contributed by atoms with van der Waals surface area (Å²) in [5.41, 5.74) is 2.86. The van der Waals surface area contributed by atoms with Gasteiger partial charge in [-0.05, 0) is 51.7 Å². The van der Waals surface area contributed by atoms with Crippen molar-refractivity contribution in [2.45, 2.75) is 40.0 Å². The van der Waals surface area contributed by atoms with E-state index < -0.39 is 0 Å². The molecule has 1 aromatic heterocycles. The number of rotatable bonds is 6. The van der Waals surface area contributed by atoms with Crippen LogP contribution in [0.15, 0.2) is 28.7 Å². The van der Waals surface area contributed by atoms with Crippen LogP contribution < -0.4 is 0 Å². The van der Waals surface area contributed by atoms with Crippen LogP contribution >= 0.6 is 0 Å². The van der Waals surface area contributed by atoms with Gasteiger partial charge in [0.1, 0.15) is 5.76 Å². The number of piperidine rings is 1. The third-order valence-electron chi connectivity index (χ3n) is 4.94. The van der Waals surface area contributed by atoms with Gasteiger partial charge in [-0.1, -0.05) is 17.7 Å². The highest BCUT2D eigenvalue weighted by atomic mass is 16.5. The summed E-state index contributed by atoms with van der Waals surface area (Å²) in [4.78, 5) is 19.3. The zero-order valence-corrected chi connectivity index (χ0v) is 16.0. The number of carbonyl (C=O) groups excluding carboxylic acids is 1. The van der Waals surface area contributed by atoms with Crippen LogP contribution in [0.3, 0.4) is 0 Å². The minimum atomic E-state index is 0.123. The summed E-state index contributed by atoms with van der Waals surface area (Å²) < 4.78 is 11.3. The number of carbonyl (C=O) groups is 1. The third kappa shape index (κ3) is 4.52. The molecule has 0 bridgehead atoms. The molecule has 26 heavy (non-hydrogen) atoms. The molecule has 1 fully saturated rings. The van der Waals surface area contributed by atoms with E-state index in [2.05, 4.69) is 4.98 Å². The summed E-state index contributed by atoms with van der Waals surface area (Å²) in [6, 6.07) is 8.06. The van der Waals surface area contributed by atoms with Crippen LogP contribution in [-0.4, -0.2) is 42.1 Å². The average Bonchev–Trinajstić information content (AvgIpc) is 3.01. The molecular formula is C21H28N2O3. The standard InChI is InChI=1S/C21H28N2O3/c1-4-25-14-17-6-5-11-23(13-17)20(24)12-19-16(3)26-21(22-19)18-9-7-15(2)8-10-18/h7-10,17H,4-6,11-14H2,1-3H3. The van der Waals surface area contributed by atoms with Gasteiger partial charge in [-0.25, -0.2) is 4.98 Å². The maximum absolute atomic E-state index is 12.7. The fraction of sp³-hybridized carbons (Fsp3) is 0.524. The molecule has 1 aromatic carbocycles. The Hall–Kier alpha value is -2.14. The minimum Gasteiger partial charge on any atom is -0.441 e. The molecule has 1 unspecified atom stereocenters. The van der Waals surface area contributed by atoms with Crippen LogP contribution in [0.4, 0.5) is 0 Å². The van der Waals surface area contributed by atoms with E-state index >= 15 is 0 Å². The molecule has 0 spiro atoms. The molecule has 1 amide bonds. The van der Waals surface area contributed by atoms with Crippen molar-refractivity contribution in [2.75, 3.05) is 26.3 Å². The van der Waals surface area contributed by atoms with Gasteiger partial charge in [0.15, 0.2) is 0 Å². The van der Waals surface area contributed by atoms with Crippen molar-refractivity contribution < 1.29 is 13.9 Å². The zero-order chi connectivity index (χ0) is 18.5. The summed E-state index contributed by atoms with van der Waals surface area (Å²) in [5.74, 6) is 1.86. The summed E-state index contributed by atoms with van der Waals surface area (Å²) in [6.45, 7) is 8.99. The average molecular weight is 356 g/mol. The fourth-order valence-corrected chi connectivity index (χ4v) is 3.38. The number of nitrogens with zero attached hydrogens (tertiary/aromatic N) is 2. The lowest BCUT2D eigenvalue weighted by Crippen LogP contribution is -2.42. The molecule has 1 aliphatic rings. The zero-order valence-electron chi connectivity index (χ0n) is 16.0. The molecule has 0 radical (unpaired) electrons. The number of aryl methyl sites for hydroxylation is 2. The first kappa shape index (κ1) is 18.6. The topological polar surface area (TPSA) is 55.6 Å². The molecule has 0 N–H and O–H groups in total. The molecule has 1 saturated heterocycles. The predicted molar refractivity (Wildman–Crippen MR) is 101 cm³/mol. The Kier molecular flexibility index (Phi) is 6.09. The number of ether oxygens (including phenoxy) is 1. The number of amides is 1. The number of aromatic nitrogens is 1. The van der Waals surface area contributed by atoms with Crippen molar-refractivity contribution in [1.29, 1.82) is 0 Å². The lowest BCUT2D eigenvalue weighted by atomic mass is 9.98. The summed E-state index contributed by atoms with van der Waals surface area (Å²) in [6.07, 6.45) is 2.46. The lowest BCUT2D eigenvalue weighted by Gasteiger charge is -2.32. The Morgan fingerprint density at radius 3 is 2.81 bits per heavy atom. The molecule has 1 atom stereocenters. The van der Waals surface area contributed by atoms with Crippen LogP contribution in [0.2, 0.25) is 0 Å². The molecule has 1 aliphatic heterocycles. The summed E-state index contributed by atoms with van der Waals surface area (Å²) in [5, 5.41) is 0. The molecule has 5 nitrogen and oxygen atoms in total. The fourth-order valence-electron chi connectivity index (χ4n) is 3.38. The van der Waals surface area contributed by atoms with E-state index in [1.54, 1.807) is 0 Å². The quantitative estimate of drug-likeness (QED) is 0.790. The number of oxazole rings is 1. The largest absolute Gasteiger partial charge is 0.441 e. The van der Waals surface area contributed by atoms with E-state index in [0.29, 0.717) is 18.2 Å². The summed E-state index contributed by atoms with van der Waals surface area (Å²) >= 11 is 0. The number of hydrogen-bond acceptors (Lipinski definition) is 4. The second-order valence-corrected chi connectivity index (χ2v) is 7.07. The van der Waals surface area contributed by atoms with Crippen LogP contribution in [0.1, 0.15) is 36.8 Å². The van der Waals surface area contributed by atoms with Crippen LogP contribution in [0.5, 0.6) is 0 Å². The lowest BCUT2D eigenvalue weighted by molar-refractivity contribution is -0.132. The van der Waals surface area contributed by atoms with E-state index in [0.717, 1.165) is 56.2 Å². The first-order valence-electron chi connectivity index (χ1n) is 9.45. The van der Waals surface area contributed by atoms with E-state index in [1.165, 1.54) is 5.56 Å². The Morgan fingerprint density at radius 1 is 1.31 bits per heavy atom. The van der Waals surface area contributed by atoms with Gasteiger partial charge in [0.05, 0.1) is 18.7 Å². The highest BCUT2D eigenvalue weighted by molar-refractivity contribution is 5.78. The molecule has 0 aliphatic carbocycles. The van der Waals surface area contributed by atoms with Gasteiger partial charge in [0.25, 0.3) is 0 Å². The van der Waals surface area contributed by atoms with E-state index in [-0.39, 0.29) is 5.91 Å². The predicted octanol–water partition coefficient (Wildman–Crippen LogP) is 3.78. The molecule has 0 saturated carbocycles. The smallest absolute Gasteiger partial charge is 0.228 e. The first-order chi connectivity index (χ1) is 12.6. The molecular weight excluding hydrogens is 328 g/mol. The van der Waals surface area contributed by atoms with E-state index in [1.807, 2.05) is 49.9 Å². The van der Waals surface area contributed by atoms with Crippen LogP contribution in [0.25, 0.3) is 11.5 Å². The SMILES string of the molecule is CCOCC1CCCN(C(=O)Cc2nc(-c3ccc(C)cc3)oc2C)C1. The normalized spacial score (nSPS) is 17.5. The van der Waals surface area contributed by atoms with Crippen molar-refractivity contribution in [2.24, 2.45) is 5.92 Å². The van der Waals surface area contributed by atoms with Gasteiger partial charge in [-0.3, -0.25) is 4.79 Å². The molecule has 140 valence electrons. The van der Waals surface area contributed by atoms with Gasteiger partial charge in [-0.2, -0.15) is 0 Å². The van der Waals surface area contributed by atoms with Gasteiger partial charge in [-0.15, -0.1) is 0 Å². The Balaban J connectivity index is 1.65. The van der Waals surface area contributed by atoms with Crippen molar-refractivity contribution >= 4 is 5.91 Å². The number of benzene rings is 1. The highest BCUT2D eigenvalue weighted by Crippen LogP contribution is 2.23. The van der Waals surface area contributed by atoms with Crippen molar-refractivity contribution in [3.63, 3.8) is 0 Å². The molecule has 2 aromatic rings. The van der Waals surface area contributed by atoms with Gasteiger partial charge in [0.2, 0.25) is 11.8 Å². The second kappa shape index (κ2) is 8.49.